The van der Waals surface area contributed by atoms with Crippen LogP contribution >= 0.6 is 0 Å². The molecular weight excluding hydrogens is 314 g/mol. The maximum absolute atomic E-state index is 13.3. The van der Waals surface area contributed by atoms with Gasteiger partial charge in [0.1, 0.15) is 0 Å². The van der Waals surface area contributed by atoms with Gasteiger partial charge in [0.2, 0.25) is 0 Å². The van der Waals surface area contributed by atoms with E-state index >= 15 is 0 Å². The molecule has 2 N–H and O–H groups in total. The molecule has 24 heavy (non-hydrogen) atoms. The van der Waals surface area contributed by atoms with Crippen molar-refractivity contribution in [3.63, 3.8) is 0 Å². The number of amides is 1. The Morgan fingerprint density at radius 1 is 1.38 bits per heavy atom. The van der Waals surface area contributed by atoms with E-state index in [1.54, 1.807) is 24.0 Å². The molecule has 128 valence electrons. The van der Waals surface area contributed by atoms with Gasteiger partial charge < -0.3 is 5.32 Å². The summed E-state index contributed by atoms with van der Waals surface area (Å²) in [6, 6.07) is 4.04. The number of piperidine rings is 1. The van der Waals surface area contributed by atoms with E-state index in [1.165, 1.54) is 12.3 Å². The molecule has 0 saturated carbocycles. The number of hydrogen-bond donors (Lipinski definition) is 2. The minimum atomic E-state index is -0.821. The normalized spacial score (nSPS) is 20.8. The van der Waals surface area contributed by atoms with Gasteiger partial charge in [-0.15, -0.1) is 0 Å². The van der Waals surface area contributed by atoms with E-state index in [9.17, 15) is 13.6 Å². The van der Waals surface area contributed by atoms with E-state index in [1.807, 2.05) is 0 Å². The van der Waals surface area contributed by atoms with E-state index in [0.717, 1.165) is 31.0 Å². The van der Waals surface area contributed by atoms with Crippen LogP contribution in [0.5, 0.6) is 0 Å². The number of halogens is 2. The largest absolute Gasteiger partial charge is 0.337 e. The number of benzene rings is 1. The number of aromatic nitrogens is 2. The van der Waals surface area contributed by atoms with Crippen molar-refractivity contribution in [2.75, 3.05) is 6.54 Å². The van der Waals surface area contributed by atoms with Gasteiger partial charge in [-0.1, -0.05) is 6.07 Å². The van der Waals surface area contributed by atoms with Crippen molar-refractivity contribution in [1.29, 1.82) is 0 Å². The van der Waals surface area contributed by atoms with Crippen molar-refractivity contribution >= 4 is 5.91 Å². The van der Waals surface area contributed by atoms with Crippen LogP contribution in [0.2, 0.25) is 0 Å². The van der Waals surface area contributed by atoms with Crippen molar-refractivity contribution in [2.24, 2.45) is 13.0 Å². The van der Waals surface area contributed by atoms with E-state index < -0.39 is 11.6 Å². The molecule has 2 unspecified atom stereocenters. The lowest BCUT2D eigenvalue weighted by Crippen LogP contribution is -2.50. The van der Waals surface area contributed by atoms with Crippen LogP contribution in [0.4, 0.5) is 8.78 Å². The van der Waals surface area contributed by atoms with Crippen LogP contribution in [0, 0.1) is 17.6 Å². The number of carbonyl (C=O) groups is 1. The van der Waals surface area contributed by atoms with Gasteiger partial charge in [0.05, 0.1) is 17.9 Å². The number of hydrogen-bond acceptors (Lipinski definition) is 3. The van der Waals surface area contributed by atoms with Gasteiger partial charge in [0.15, 0.2) is 11.6 Å². The smallest absolute Gasteiger partial charge is 0.255 e. The molecule has 2 aromatic rings. The Balaban J connectivity index is 1.48. The Labute approximate surface area is 139 Å². The van der Waals surface area contributed by atoms with Gasteiger partial charge in [-0.05, 0) is 42.9 Å². The van der Waals surface area contributed by atoms with Crippen molar-refractivity contribution in [3.8, 4) is 0 Å². The highest BCUT2D eigenvalue weighted by molar-refractivity contribution is 5.93. The fraction of sp³-hybridized carbons (Fsp3) is 0.412. The summed E-state index contributed by atoms with van der Waals surface area (Å²) < 4.78 is 27.8. The average Bonchev–Trinajstić information content (AvgIpc) is 2.99. The van der Waals surface area contributed by atoms with Gasteiger partial charge in [-0.3, -0.25) is 14.8 Å². The first-order chi connectivity index (χ1) is 11.5. The SMILES string of the molecule is Cn1cc(C(=O)NC2CCC(Cc3ccc(F)c(F)c3)CN2)cn1. The van der Waals surface area contributed by atoms with Gasteiger partial charge in [0, 0.05) is 19.8 Å². The maximum atomic E-state index is 13.3. The minimum absolute atomic E-state index is 0.0843. The molecule has 3 rings (SSSR count). The first kappa shape index (κ1) is 16.6. The lowest BCUT2D eigenvalue weighted by atomic mass is 9.91. The summed E-state index contributed by atoms with van der Waals surface area (Å²) in [6.45, 7) is 0.719. The second kappa shape index (κ2) is 7.09. The monoisotopic (exact) mass is 334 g/mol. The fourth-order valence-corrected chi connectivity index (χ4v) is 2.99. The molecule has 1 aromatic carbocycles. The predicted octanol–water partition coefficient (Wildman–Crippen LogP) is 2.00. The van der Waals surface area contributed by atoms with E-state index in [4.69, 9.17) is 0 Å². The Morgan fingerprint density at radius 3 is 2.83 bits per heavy atom. The third-order valence-electron chi connectivity index (χ3n) is 4.30. The number of nitrogens with zero attached hydrogens (tertiary/aromatic N) is 2. The Kier molecular flexibility index (Phi) is 4.89. The number of carbonyl (C=O) groups excluding carboxylic acids is 1. The van der Waals surface area contributed by atoms with Crippen molar-refractivity contribution in [1.82, 2.24) is 20.4 Å². The van der Waals surface area contributed by atoms with Gasteiger partial charge in [0.25, 0.3) is 5.91 Å². The molecular formula is C17H20F2N4O. The molecule has 1 aliphatic heterocycles. The van der Waals surface area contributed by atoms with Crippen molar-refractivity contribution in [3.05, 3.63) is 53.4 Å². The Bertz CT molecular complexity index is 723. The van der Waals surface area contributed by atoms with Crippen molar-refractivity contribution in [2.45, 2.75) is 25.4 Å². The summed E-state index contributed by atoms with van der Waals surface area (Å²) in [7, 11) is 1.76. The van der Waals surface area contributed by atoms with Crippen LogP contribution in [0.15, 0.2) is 30.6 Å². The van der Waals surface area contributed by atoms with Gasteiger partial charge in [-0.2, -0.15) is 5.10 Å². The minimum Gasteiger partial charge on any atom is -0.337 e. The lowest BCUT2D eigenvalue weighted by molar-refractivity contribution is 0.0914. The molecule has 1 fully saturated rings. The quantitative estimate of drug-likeness (QED) is 0.899. The molecule has 0 bridgehead atoms. The molecule has 2 atom stereocenters. The summed E-state index contributed by atoms with van der Waals surface area (Å²) in [5.74, 6) is -1.45. The molecule has 1 aliphatic rings. The summed E-state index contributed by atoms with van der Waals surface area (Å²) in [4.78, 5) is 12.1. The van der Waals surface area contributed by atoms with E-state index in [0.29, 0.717) is 17.9 Å². The summed E-state index contributed by atoms with van der Waals surface area (Å²) in [5.41, 5.74) is 1.32. The second-order valence-corrected chi connectivity index (χ2v) is 6.23. The number of rotatable bonds is 4. The Morgan fingerprint density at radius 2 is 2.21 bits per heavy atom. The molecule has 1 amide bonds. The lowest BCUT2D eigenvalue weighted by Gasteiger charge is -2.30. The van der Waals surface area contributed by atoms with Crippen LogP contribution in [-0.4, -0.2) is 28.4 Å². The topological polar surface area (TPSA) is 59.0 Å². The van der Waals surface area contributed by atoms with Crippen molar-refractivity contribution < 1.29 is 13.6 Å². The molecule has 2 heterocycles. The number of aryl methyl sites for hydroxylation is 1. The van der Waals surface area contributed by atoms with Gasteiger partial charge in [-0.25, -0.2) is 8.78 Å². The zero-order chi connectivity index (χ0) is 17.1. The van der Waals surface area contributed by atoms with Crippen LogP contribution < -0.4 is 10.6 Å². The molecule has 0 spiro atoms. The highest BCUT2D eigenvalue weighted by Crippen LogP contribution is 2.20. The first-order valence-electron chi connectivity index (χ1n) is 7.98. The molecule has 0 radical (unpaired) electrons. The summed E-state index contributed by atoms with van der Waals surface area (Å²) in [5, 5.41) is 10.2. The van der Waals surface area contributed by atoms with E-state index in [2.05, 4.69) is 15.7 Å². The zero-order valence-electron chi connectivity index (χ0n) is 13.4. The zero-order valence-corrected chi connectivity index (χ0v) is 13.4. The average molecular weight is 334 g/mol. The standard InChI is InChI=1S/C17H20F2N4O/c1-23-10-13(9-21-23)17(24)22-16-5-3-12(8-20-16)6-11-2-4-14(18)15(19)7-11/h2,4,7,9-10,12,16,20H,3,5-6,8H2,1H3,(H,22,24). The first-order valence-corrected chi connectivity index (χ1v) is 7.98. The molecule has 7 heteroatoms. The second-order valence-electron chi connectivity index (χ2n) is 6.23. The molecule has 0 aliphatic carbocycles. The van der Waals surface area contributed by atoms with Gasteiger partial charge >= 0.3 is 0 Å². The Hall–Kier alpha value is -2.28. The third kappa shape index (κ3) is 3.97. The third-order valence-corrected chi connectivity index (χ3v) is 4.30. The highest BCUT2D eigenvalue weighted by atomic mass is 19.2. The molecule has 1 saturated heterocycles. The summed E-state index contributed by atoms with van der Waals surface area (Å²) in [6.07, 6.45) is 5.50. The number of nitrogens with one attached hydrogen (secondary N) is 2. The fourth-order valence-electron chi connectivity index (χ4n) is 2.99. The highest BCUT2D eigenvalue weighted by Gasteiger charge is 2.23. The summed E-state index contributed by atoms with van der Waals surface area (Å²) >= 11 is 0. The maximum Gasteiger partial charge on any atom is 0.255 e. The van der Waals surface area contributed by atoms with Crippen LogP contribution in [0.3, 0.4) is 0 Å². The van der Waals surface area contributed by atoms with Crippen LogP contribution in [-0.2, 0) is 13.5 Å². The van der Waals surface area contributed by atoms with Crippen LogP contribution in [0.25, 0.3) is 0 Å². The van der Waals surface area contributed by atoms with Crippen LogP contribution in [0.1, 0.15) is 28.8 Å². The predicted molar refractivity (Wildman–Crippen MR) is 85.3 cm³/mol. The molecule has 5 nitrogen and oxygen atoms in total. The molecule has 1 aromatic heterocycles. The van der Waals surface area contributed by atoms with E-state index in [-0.39, 0.29) is 12.1 Å².